The van der Waals surface area contributed by atoms with Gasteiger partial charge >= 0.3 is 7.60 Å². The summed E-state index contributed by atoms with van der Waals surface area (Å²) < 4.78 is 65.7. The largest absolute Gasteiger partial charge is 0.483 e. The maximum Gasteiger partial charge on any atom is 0.330 e. The molecule has 0 amide bonds. The summed E-state index contributed by atoms with van der Waals surface area (Å²) in [6.45, 7) is 15.3. The number of nitrogens with zero attached hydrogens (tertiary/aromatic N) is 4. The summed E-state index contributed by atoms with van der Waals surface area (Å²) in [5.41, 5.74) is 0. The monoisotopic (exact) mass is 792 g/mol. The third-order valence-corrected chi connectivity index (χ3v) is 12.0. The van der Waals surface area contributed by atoms with Crippen molar-refractivity contribution in [2.24, 2.45) is 31.8 Å². The molecule has 2 rings (SSSR count). The van der Waals surface area contributed by atoms with Crippen molar-refractivity contribution in [1.29, 1.82) is 0 Å². The minimum absolute atomic E-state index is 0. The summed E-state index contributed by atoms with van der Waals surface area (Å²) in [4.78, 5) is 17.8. The van der Waals surface area contributed by atoms with Crippen LogP contribution in [0.5, 0.6) is 0 Å². The topological polar surface area (TPSA) is 157 Å². The van der Waals surface area contributed by atoms with Gasteiger partial charge in [-0.25, -0.2) is 20.0 Å². The quantitative estimate of drug-likeness (QED) is 0.123. The molecule has 0 saturated heterocycles. The van der Waals surface area contributed by atoms with Crippen LogP contribution in [0, 0.1) is 11.8 Å². The highest BCUT2D eigenvalue weighted by Gasteiger charge is 2.33. The first kappa shape index (κ1) is 48.8. The van der Waals surface area contributed by atoms with Crippen molar-refractivity contribution in [3.8, 4) is 0 Å². The van der Waals surface area contributed by atoms with E-state index in [1.165, 1.54) is 7.11 Å². The average Bonchev–Trinajstić information content (AvgIpc) is 3.04. The third-order valence-electron chi connectivity index (χ3n) is 6.56. The Morgan fingerprint density at radius 1 is 0.729 bits per heavy atom. The molecular weight excluding hydrogens is 730 g/mol. The Balaban J connectivity index is 0. The molecule has 48 heavy (non-hydrogen) atoms. The van der Waals surface area contributed by atoms with E-state index in [2.05, 4.69) is 63.6 Å². The fourth-order valence-electron chi connectivity index (χ4n) is 4.34. The normalized spacial score (nSPS) is 20.3. The molecule has 0 bridgehead atoms. The van der Waals surface area contributed by atoms with Gasteiger partial charge in [0.2, 0.25) is 31.0 Å². The zero-order valence-electron chi connectivity index (χ0n) is 30.4. The number of hydrogen-bond acceptors (Lipinski definition) is 14. The van der Waals surface area contributed by atoms with Gasteiger partial charge in [-0.1, -0.05) is 51.1 Å². The number of methoxy groups -OCH3 is 5. The lowest BCUT2D eigenvalue weighted by molar-refractivity contribution is 0.219. The van der Waals surface area contributed by atoms with Crippen LogP contribution in [-0.2, 0) is 46.4 Å². The molecule has 0 N–H and O–H groups in total. The Kier molecular flexibility index (Phi) is 26.9. The van der Waals surface area contributed by atoms with Crippen LogP contribution in [0.2, 0.25) is 0 Å². The lowest BCUT2D eigenvalue weighted by Crippen LogP contribution is -2.37. The first-order chi connectivity index (χ1) is 22.3. The van der Waals surface area contributed by atoms with Gasteiger partial charge in [-0.2, -0.15) is 0 Å². The molecule has 0 aromatic rings. The summed E-state index contributed by atoms with van der Waals surface area (Å²) >= 11 is 3.22. The summed E-state index contributed by atoms with van der Waals surface area (Å²) in [6.07, 6.45) is 1.47. The molecular formula is C31H63BrN4O10P2. The van der Waals surface area contributed by atoms with Gasteiger partial charge < -0.3 is 37.3 Å². The van der Waals surface area contributed by atoms with Crippen LogP contribution >= 0.6 is 30.9 Å². The molecule has 4 atom stereocenters. The maximum atomic E-state index is 12.6. The molecule has 0 aliphatic carbocycles. The van der Waals surface area contributed by atoms with Gasteiger partial charge in [-0.3, -0.25) is 9.13 Å². The second kappa shape index (κ2) is 26.5. The Bertz CT molecular complexity index is 1070. The third kappa shape index (κ3) is 17.5. The number of alkyl halides is 1. The molecule has 0 spiro atoms. The maximum absolute atomic E-state index is 12.6. The molecule has 2 aliphatic rings. The van der Waals surface area contributed by atoms with E-state index in [0.29, 0.717) is 73.8 Å². The summed E-state index contributed by atoms with van der Waals surface area (Å²) in [7, 11) is 2.33. The number of aliphatic imine (C=N–C) groups is 4. The van der Waals surface area contributed by atoms with E-state index in [1.807, 2.05) is 6.92 Å². The second-order valence-corrected chi connectivity index (χ2v) is 16.4. The highest BCUT2D eigenvalue weighted by molar-refractivity contribution is 9.09. The fraction of sp³-hybridized carbons (Fsp3) is 0.871. The molecule has 0 saturated carbocycles. The lowest BCUT2D eigenvalue weighted by Gasteiger charge is -2.27. The van der Waals surface area contributed by atoms with Crippen LogP contribution in [0.1, 0.15) is 62.3 Å². The van der Waals surface area contributed by atoms with Gasteiger partial charge in [0.15, 0.2) is 0 Å². The Morgan fingerprint density at radius 2 is 1.25 bits per heavy atom. The van der Waals surface area contributed by atoms with E-state index in [0.717, 1.165) is 0 Å². The molecule has 284 valence electrons. The van der Waals surface area contributed by atoms with Crippen LogP contribution in [0.15, 0.2) is 20.0 Å². The van der Waals surface area contributed by atoms with Gasteiger partial charge in [-0.05, 0) is 39.0 Å². The van der Waals surface area contributed by atoms with E-state index in [4.69, 9.17) is 37.3 Å². The number of hydrogen-bond donors (Lipinski definition) is 0. The standard InChI is InChI=1S/C15H29N2O5P.C9H16N2O2.C6H14BrO3P.CH4/c1-7-21-23(18,22-8-2)10-9-12-14(19-5)17-13(11(3)4)15(16-12)20-6;1-6(2)8-9(13-4)10-5-7(11-8)12-3;1-3-10-11(8,5-4-7)6-9-2;/h11-13H,7-10H2,1-6H3;6,8H,5H2,1-4H3;3-6H2,1-2H3;1H4/t12-,13+;8-;;/m10../s1. The lowest BCUT2D eigenvalue weighted by atomic mass is 10.0. The van der Waals surface area contributed by atoms with E-state index in [-0.39, 0.29) is 44.0 Å². The molecule has 0 aromatic carbocycles. The highest BCUT2D eigenvalue weighted by atomic mass is 79.9. The van der Waals surface area contributed by atoms with Crippen LogP contribution in [-0.4, -0.2) is 128 Å². The first-order valence-electron chi connectivity index (χ1n) is 15.9. The van der Waals surface area contributed by atoms with Crippen molar-refractivity contribution in [3.05, 3.63) is 0 Å². The van der Waals surface area contributed by atoms with Crippen molar-refractivity contribution < 1.29 is 46.4 Å². The van der Waals surface area contributed by atoms with E-state index in [1.54, 1.807) is 42.3 Å². The fourth-order valence-corrected chi connectivity index (χ4v) is 9.10. The number of halogens is 1. The van der Waals surface area contributed by atoms with Gasteiger partial charge in [0.1, 0.15) is 31.0 Å². The zero-order valence-corrected chi connectivity index (χ0v) is 33.8. The summed E-state index contributed by atoms with van der Waals surface area (Å²) in [5.74, 6) is 3.12. The van der Waals surface area contributed by atoms with E-state index >= 15 is 0 Å². The highest BCUT2D eigenvalue weighted by Crippen LogP contribution is 2.49. The molecule has 2 aliphatic heterocycles. The number of ether oxygens (including phenoxy) is 5. The van der Waals surface area contributed by atoms with Crippen LogP contribution < -0.4 is 0 Å². The molecule has 1 unspecified atom stereocenters. The number of rotatable bonds is 15. The van der Waals surface area contributed by atoms with Crippen molar-refractivity contribution in [2.45, 2.75) is 80.4 Å². The van der Waals surface area contributed by atoms with Crippen molar-refractivity contribution in [3.63, 3.8) is 0 Å². The van der Waals surface area contributed by atoms with Crippen molar-refractivity contribution >= 4 is 54.5 Å². The Hall–Kier alpha value is -1.34. The smallest absolute Gasteiger partial charge is 0.330 e. The van der Waals surface area contributed by atoms with Crippen LogP contribution in [0.25, 0.3) is 0 Å². The molecule has 0 aromatic heterocycles. The molecule has 2 heterocycles. The van der Waals surface area contributed by atoms with Crippen LogP contribution in [0.4, 0.5) is 0 Å². The van der Waals surface area contributed by atoms with E-state index < -0.39 is 15.0 Å². The van der Waals surface area contributed by atoms with Crippen LogP contribution in [0.3, 0.4) is 0 Å². The second-order valence-electron chi connectivity index (χ2n) is 10.8. The molecule has 0 radical (unpaired) electrons. The summed E-state index contributed by atoms with van der Waals surface area (Å²) in [6, 6.07) is -0.482. The van der Waals surface area contributed by atoms with Crippen molar-refractivity contribution in [2.75, 3.05) is 85.9 Å². The minimum atomic E-state index is -3.11. The predicted octanol–water partition coefficient (Wildman–Crippen LogP) is 7.19. The van der Waals surface area contributed by atoms with Crippen molar-refractivity contribution in [1.82, 2.24) is 0 Å². The SMILES string of the molecule is C.CCOP(=O)(CCBr)COC.CCOP(=O)(CC[C@H]1N=C(OC)[C@H](C(C)C)N=C1OC)OCC.COC1=N[C@@H](C(C)C)C(OC)=NC1. The van der Waals surface area contributed by atoms with E-state index in [9.17, 15) is 9.13 Å². The first-order valence-corrected chi connectivity index (χ1v) is 20.7. The molecule has 17 heteroatoms. The van der Waals surface area contributed by atoms with Gasteiger partial charge in [0.05, 0.1) is 54.4 Å². The van der Waals surface area contributed by atoms with Gasteiger partial charge in [0.25, 0.3) is 0 Å². The Labute approximate surface area is 298 Å². The summed E-state index contributed by atoms with van der Waals surface area (Å²) in [5, 5.41) is 0.688. The Morgan fingerprint density at radius 3 is 1.67 bits per heavy atom. The average molecular weight is 794 g/mol. The minimum Gasteiger partial charge on any atom is -0.483 e. The van der Waals surface area contributed by atoms with Gasteiger partial charge in [-0.15, -0.1) is 0 Å². The molecule has 0 fully saturated rings. The zero-order chi connectivity index (χ0) is 36.0. The predicted molar refractivity (Wildman–Crippen MR) is 201 cm³/mol. The van der Waals surface area contributed by atoms with Gasteiger partial charge in [0, 0.05) is 18.6 Å². The molecule has 14 nitrogen and oxygen atoms in total.